The molecule has 14 heteroatoms. The summed E-state index contributed by atoms with van der Waals surface area (Å²) in [6.07, 6.45) is 2.15. The fourth-order valence-electron chi connectivity index (χ4n) is 6.02. The van der Waals surface area contributed by atoms with E-state index < -0.39 is 65.8 Å². The van der Waals surface area contributed by atoms with Crippen LogP contribution in [0, 0.1) is 5.92 Å². The third kappa shape index (κ3) is 10.2. The van der Waals surface area contributed by atoms with Gasteiger partial charge in [0.05, 0.1) is 18.9 Å². The summed E-state index contributed by atoms with van der Waals surface area (Å²) in [4.78, 5) is 82.9. The molecule has 6 atom stereocenters. The second-order valence-corrected chi connectivity index (χ2v) is 14.2. The molecule has 4 rings (SSSR count). The molecule has 0 aromatic heterocycles. The Bertz CT molecular complexity index is 1530. The molecule has 0 unspecified atom stereocenters. The number of carbonyl (C=O) groups excluding carboxylic acids is 6. The van der Waals surface area contributed by atoms with E-state index in [2.05, 4.69) is 26.6 Å². The number of nitrogens with zero attached hydrogens (tertiary/aromatic N) is 1. The zero-order chi connectivity index (χ0) is 35.7. The van der Waals surface area contributed by atoms with Gasteiger partial charge in [0.15, 0.2) is 0 Å². The van der Waals surface area contributed by atoms with Crippen LogP contribution in [0.4, 0.5) is 0 Å². The summed E-state index contributed by atoms with van der Waals surface area (Å²) in [6, 6.07) is 10.6. The molecule has 2 aromatic rings. The number of carbonyl (C=O) groups is 6. The lowest BCUT2D eigenvalue weighted by Crippen LogP contribution is -2.59. The van der Waals surface area contributed by atoms with Gasteiger partial charge in [-0.05, 0) is 54.9 Å². The molecular weight excluding hydrogens is 668 g/mol. The highest BCUT2D eigenvalue weighted by Gasteiger charge is 2.44. The van der Waals surface area contributed by atoms with Gasteiger partial charge in [-0.2, -0.15) is 11.8 Å². The van der Waals surface area contributed by atoms with E-state index in [9.17, 15) is 28.8 Å². The van der Waals surface area contributed by atoms with Crippen molar-refractivity contribution in [3.05, 3.63) is 70.7 Å². The fraction of sp³-hybridized carbons (Fsp3) is 0.486. The first-order valence-corrected chi connectivity index (χ1v) is 18.2. The molecular formula is C35H45ClN6O6S. The van der Waals surface area contributed by atoms with Crippen LogP contribution in [-0.2, 0) is 35.2 Å². The Morgan fingerprint density at radius 1 is 0.939 bits per heavy atom. The predicted molar refractivity (Wildman–Crippen MR) is 188 cm³/mol. The molecule has 264 valence electrons. The topological polar surface area (TPSA) is 166 Å². The van der Waals surface area contributed by atoms with Crippen molar-refractivity contribution >= 4 is 58.8 Å². The molecule has 49 heavy (non-hydrogen) atoms. The second kappa shape index (κ2) is 17.5. The molecule has 5 N–H and O–H groups in total. The average molecular weight is 713 g/mol. The van der Waals surface area contributed by atoms with Crippen molar-refractivity contribution in [1.29, 1.82) is 0 Å². The largest absolute Gasteiger partial charge is 0.351 e. The van der Waals surface area contributed by atoms with E-state index in [1.165, 1.54) is 23.6 Å². The van der Waals surface area contributed by atoms with Crippen LogP contribution in [0.5, 0.6) is 0 Å². The third-order valence-corrected chi connectivity index (χ3v) is 9.73. The van der Waals surface area contributed by atoms with Crippen LogP contribution < -0.4 is 26.6 Å². The average Bonchev–Trinajstić information content (AvgIpc) is 3.49. The number of benzene rings is 2. The minimum atomic E-state index is -1.03. The van der Waals surface area contributed by atoms with Crippen molar-refractivity contribution in [3.63, 3.8) is 0 Å². The molecule has 0 aliphatic carbocycles. The van der Waals surface area contributed by atoms with Gasteiger partial charge in [-0.3, -0.25) is 28.8 Å². The minimum Gasteiger partial charge on any atom is -0.351 e. The quantitative estimate of drug-likeness (QED) is 0.280. The standard InChI is InChI=1S/C35H45ClN6O6S/c1-20(2)31-35(48)42-19-24(38-29(43)16-23-12-8-9-13-25(23)36)17-28(42)34(47)37-21(3)32(45)40-27(22-10-6-5-7-11-22)18-30(44)39-26(14-15-49-4)33(46)41-31/h5-13,20-21,24,26-28,31H,14-19H2,1-4H3,(H,37,47)(H,38,43)(H,39,44)(H,40,45)(H,41,46)/t21-,24-,26-,27-,28-,31-/m0/s1. The van der Waals surface area contributed by atoms with Crippen LogP contribution in [0.1, 0.15) is 57.2 Å². The van der Waals surface area contributed by atoms with E-state index in [1.807, 2.05) is 12.3 Å². The molecule has 2 aromatic carbocycles. The van der Waals surface area contributed by atoms with Gasteiger partial charge in [-0.15, -0.1) is 0 Å². The van der Waals surface area contributed by atoms with E-state index >= 15 is 0 Å². The first-order valence-electron chi connectivity index (χ1n) is 16.5. The summed E-state index contributed by atoms with van der Waals surface area (Å²) < 4.78 is 0. The van der Waals surface area contributed by atoms with Gasteiger partial charge >= 0.3 is 0 Å². The molecule has 2 fully saturated rings. The van der Waals surface area contributed by atoms with E-state index in [4.69, 9.17) is 11.6 Å². The van der Waals surface area contributed by atoms with Gasteiger partial charge in [0.1, 0.15) is 24.2 Å². The summed E-state index contributed by atoms with van der Waals surface area (Å²) in [5, 5.41) is 14.6. The Morgan fingerprint density at radius 2 is 1.63 bits per heavy atom. The monoisotopic (exact) mass is 712 g/mol. The summed E-state index contributed by atoms with van der Waals surface area (Å²) in [5.74, 6) is -2.73. The summed E-state index contributed by atoms with van der Waals surface area (Å²) in [5.41, 5.74) is 1.32. The Kier molecular flexibility index (Phi) is 13.5. The Labute approximate surface area is 296 Å². The van der Waals surface area contributed by atoms with Crippen molar-refractivity contribution in [2.75, 3.05) is 18.6 Å². The normalized spacial score (nSPS) is 25.6. The Hall–Kier alpha value is -4.10. The molecule has 2 saturated heterocycles. The second-order valence-electron chi connectivity index (χ2n) is 12.8. The molecule has 2 heterocycles. The van der Waals surface area contributed by atoms with Crippen molar-refractivity contribution in [2.45, 2.75) is 82.7 Å². The molecule has 6 amide bonds. The van der Waals surface area contributed by atoms with Gasteiger partial charge in [-0.25, -0.2) is 0 Å². The van der Waals surface area contributed by atoms with Gasteiger partial charge < -0.3 is 31.5 Å². The molecule has 12 nitrogen and oxygen atoms in total. The number of nitrogens with one attached hydrogen (secondary N) is 5. The first-order chi connectivity index (χ1) is 23.4. The molecule has 2 aliphatic rings. The van der Waals surface area contributed by atoms with Gasteiger partial charge in [-0.1, -0.05) is 74.0 Å². The zero-order valence-electron chi connectivity index (χ0n) is 28.2. The van der Waals surface area contributed by atoms with Crippen molar-refractivity contribution < 1.29 is 28.8 Å². The van der Waals surface area contributed by atoms with Crippen LogP contribution >= 0.6 is 23.4 Å². The lowest BCUT2D eigenvalue weighted by molar-refractivity contribution is -0.143. The highest BCUT2D eigenvalue weighted by atomic mass is 35.5. The maximum Gasteiger partial charge on any atom is 0.246 e. The fourth-order valence-corrected chi connectivity index (χ4v) is 6.70. The number of halogens is 1. The van der Waals surface area contributed by atoms with Gasteiger partial charge in [0, 0.05) is 17.6 Å². The van der Waals surface area contributed by atoms with Crippen LogP contribution in [0.3, 0.4) is 0 Å². The highest BCUT2D eigenvalue weighted by molar-refractivity contribution is 7.98. The summed E-state index contributed by atoms with van der Waals surface area (Å²) in [7, 11) is 0. The van der Waals surface area contributed by atoms with Crippen LogP contribution in [0.2, 0.25) is 5.02 Å². The van der Waals surface area contributed by atoms with Crippen LogP contribution in [0.15, 0.2) is 54.6 Å². The number of rotatable bonds is 8. The van der Waals surface area contributed by atoms with Crippen LogP contribution in [0.25, 0.3) is 0 Å². The Morgan fingerprint density at radius 3 is 2.31 bits per heavy atom. The third-order valence-electron chi connectivity index (χ3n) is 8.71. The van der Waals surface area contributed by atoms with Crippen molar-refractivity contribution in [3.8, 4) is 0 Å². The summed E-state index contributed by atoms with van der Waals surface area (Å²) in [6.45, 7) is 5.09. The predicted octanol–water partition coefficient (Wildman–Crippen LogP) is 2.11. The minimum absolute atomic E-state index is 0.00751. The molecule has 2 aliphatic heterocycles. The molecule has 0 bridgehead atoms. The Balaban J connectivity index is 1.65. The molecule has 0 radical (unpaired) electrons. The zero-order valence-corrected chi connectivity index (χ0v) is 29.7. The number of hydrogen-bond acceptors (Lipinski definition) is 7. The SMILES string of the molecule is CSCC[C@@H]1NC(=O)C[C@@H](c2ccccc2)NC(=O)[C@H](C)NC(=O)[C@@H]2C[C@H](NC(=O)Cc3ccccc3Cl)CN2C(=O)[C@H](C(C)C)NC1=O. The molecule has 0 saturated carbocycles. The van der Waals surface area contributed by atoms with E-state index in [0.717, 1.165) is 0 Å². The lowest BCUT2D eigenvalue weighted by atomic mass is 10.0. The van der Waals surface area contributed by atoms with Crippen LogP contribution in [-0.4, -0.2) is 89.1 Å². The van der Waals surface area contributed by atoms with Crippen molar-refractivity contribution in [2.24, 2.45) is 5.92 Å². The number of thioether (sulfide) groups is 1. The molecule has 0 spiro atoms. The maximum absolute atomic E-state index is 14.2. The van der Waals surface area contributed by atoms with Gasteiger partial charge in [0.2, 0.25) is 35.4 Å². The number of amides is 6. The number of fused-ring (bicyclic) bond motifs is 1. The van der Waals surface area contributed by atoms with Crippen molar-refractivity contribution in [1.82, 2.24) is 31.5 Å². The van der Waals surface area contributed by atoms with Gasteiger partial charge in [0.25, 0.3) is 0 Å². The summed E-state index contributed by atoms with van der Waals surface area (Å²) >= 11 is 7.77. The van der Waals surface area contributed by atoms with E-state index in [1.54, 1.807) is 62.4 Å². The van der Waals surface area contributed by atoms with E-state index in [-0.39, 0.29) is 37.6 Å². The highest BCUT2D eigenvalue weighted by Crippen LogP contribution is 2.23. The lowest BCUT2D eigenvalue weighted by Gasteiger charge is -2.32. The van der Waals surface area contributed by atoms with E-state index in [0.29, 0.717) is 28.3 Å². The first kappa shape index (κ1) is 37.7. The maximum atomic E-state index is 14.2. The smallest absolute Gasteiger partial charge is 0.246 e. The number of hydrogen-bond donors (Lipinski definition) is 5.